The van der Waals surface area contributed by atoms with E-state index in [0.717, 1.165) is 56.5 Å². The molecule has 200 valence electrons. The molecule has 0 spiro atoms. The van der Waals surface area contributed by atoms with Gasteiger partial charge >= 0.3 is 5.97 Å². The van der Waals surface area contributed by atoms with Crippen molar-refractivity contribution in [2.75, 3.05) is 4.90 Å². The molecule has 2 aromatic heterocycles. The normalized spacial score (nSPS) is 24.2. The highest BCUT2D eigenvalue weighted by atomic mass is 32.2. The van der Waals surface area contributed by atoms with E-state index in [9.17, 15) is 14.7 Å². The van der Waals surface area contributed by atoms with Crippen molar-refractivity contribution in [1.29, 1.82) is 0 Å². The minimum atomic E-state index is -0.988. The van der Waals surface area contributed by atoms with Crippen LogP contribution in [0, 0.1) is 29.1 Å². The number of imidazole rings is 1. The Labute approximate surface area is 229 Å². The molecule has 2 fully saturated rings. The van der Waals surface area contributed by atoms with E-state index in [-0.39, 0.29) is 28.2 Å². The van der Waals surface area contributed by atoms with Crippen molar-refractivity contribution >= 4 is 40.7 Å². The zero-order valence-corrected chi connectivity index (χ0v) is 24.3. The summed E-state index contributed by atoms with van der Waals surface area (Å²) in [7, 11) is 2.01. The SMILES string of the molecule is Cn1ccnc1S[C@H]1CC[C@H](N(c2cc(C#CC(C)(C)C)sc2C(=O)O)C(=O)[C@H]2CC[C@H](C)CC2)CC1. The number of aromatic carboxylic acids is 1. The van der Waals surface area contributed by atoms with E-state index in [1.54, 1.807) is 11.8 Å². The van der Waals surface area contributed by atoms with Gasteiger partial charge in [-0.05, 0) is 84.1 Å². The quantitative estimate of drug-likeness (QED) is 0.405. The Morgan fingerprint density at radius 2 is 1.81 bits per heavy atom. The van der Waals surface area contributed by atoms with Crippen molar-refractivity contribution in [2.24, 2.45) is 24.3 Å². The zero-order chi connectivity index (χ0) is 26.7. The Balaban J connectivity index is 1.62. The molecule has 0 atom stereocenters. The summed E-state index contributed by atoms with van der Waals surface area (Å²) in [5, 5.41) is 11.6. The number of carboxylic acids is 1. The largest absolute Gasteiger partial charge is 0.477 e. The molecule has 2 aliphatic rings. The van der Waals surface area contributed by atoms with Crippen LogP contribution in [0.5, 0.6) is 0 Å². The van der Waals surface area contributed by atoms with Crippen LogP contribution < -0.4 is 4.90 Å². The van der Waals surface area contributed by atoms with Gasteiger partial charge in [-0.2, -0.15) is 0 Å². The third kappa shape index (κ3) is 7.00. The number of thiophene rings is 1. The topological polar surface area (TPSA) is 75.4 Å². The molecule has 0 bridgehead atoms. The number of aryl methyl sites for hydroxylation is 1. The lowest BCUT2D eigenvalue weighted by Crippen LogP contribution is -2.46. The van der Waals surface area contributed by atoms with Crippen LogP contribution in [0.1, 0.15) is 93.6 Å². The highest BCUT2D eigenvalue weighted by Gasteiger charge is 2.37. The fraction of sp³-hybridized carbons (Fsp3) is 0.621. The third-order valence-electron chi connectivity index (χ3n) is 7.39. The molecular formula is C29H39N3O3S2. The van der Waals surface area contributed by atoms with Gasteiger partial charge in [-0.15, -0.1) is 11.3 Å². The maximum atomic E-state index is 14.1. The molecule has 2 aromatic rings. The van der Waals surface area contributed by atoms with Gasteiger partial charge in [-0.3, -0.25) is 4.79 Å². The predicted octanol–water partition coefficient (Wildman–Crippen LogP) is 6.84. The fourth-order valence-electron chi connectivity index (χ4n) is 5.26. The van der Waals surface area contributed by atoms with Gasteiger partial charge in [-0.25, -0.2) is 9.78 Å². The van der Waals surface area contributed by atoms with Gasteiger partial charge in [0, 0.05) is 42.1 Å². The van der Waals surface area contributed by atoms with Crippen LogP contribution in [0.15, 0.2) is 23.6 Å². The number of carbonyl (C=O) groups excluding carboxylic acids is 1. The minimum Gasteiger partial charge on any atom is -0.477 e. The number of thioether (sulfide) groups is 1. The monoisotopic (exact) mass is 541 g/mol. The minimum absolute atomic E-state index is 0.00111. The van der Waals surface area contributed by atoms with Crippen LogP contribution in [0.2, 0.25) is 0 Å². The van der Waals surface area contributed by atoms with E-state index in [4.69, 9.17) is 0 Å². The molecule has 2 saturated carbocycles. The van der Waals surface area contributed by atoms with E-state index in [0.29, 0.717) is 21.7 Å². The molecule has 8 heteroatoms. The van der Waals surface area contributed by atoms with Crippen LogP contribution in [0.4, 0.5) is 5.69 Å². The summed E-state index contributed by atoms with van der Waals surface area (Å²) in [5.74, 6) is 6.11. The number of nitrogens with zero attached hydrogens (tertiary/aromatic N) is 3. The molecule has 0 saturated heterocycles. The molecule has 6 nitrogen and oxygen atoms in total. The lowest BCUT2D eigenvalue weighted by Gasteiger charge is -2.39. The van der Waals surface area contributed by atoms with Crippen molar-refractivity contribution in [3.63, 3.8) is 0 Å². The number of aromatic nitrogens is 2. The molecule has 37 heavy (non-hydrogen) atoms. The van der Waals surface area contributed by atoms with E-state index in [1.165, 1.54) is 11.3 Å². The first-order chi connectivity index (χ1) is 17.5. The Hall–Kier alpha value is -2.24. The standard InChI is InChI=1S/C29H39N3O3S2/c1-19-6-8-20(9-7-19)26(33)32(21-10-12-22(13-11-21)37-28-30-16-17-31(28)5)24-18-23(14-15-29(2,3)4)36-25(24)27(34)35/h16-22H,6-13H2,1-5H3,(H,34,35)/t19-,20-,21-,22-. The molecule has 1 N–H and O–H groups in total. The number of rotatable bonds is 6. The molecule has 0 aliphatic heterocycles. The van der Waals surface area contributed by atoms with Crippen LogP contribution >= 0.6 is 23.1 Å². The van der Waals surface area contributed by atoms with E-state index in [1.807, 2.05) is 55.7 Å². The lowest BCUT2D eigenvalue weighted by molar-refractivity contribution is -0.124. The maximum Gasteiger partial charge on any atom is 0.348 e. The Kier molecular flexibility index (Phi) is 8.75. The summed E-state index contributed by atoms with van der Waals surface area (Å²) in [6.07, 6.45) is 11.3. The van der Waals surface area contributed by atoms with Crippen molar-refractivity contribution < 1.29 is 14.7 Å². The number of carboxylic acid groups (broad SMARTS) is 1. The van der Waals surface area contributed by atoms with E-state index >= 15 is 0 Å². The summed E-state index contributed by atoms with van der Waals surface area (Å²) in [5.41, 5.74) is 0.352. The van der Waals surface area contributed by atoms with Crippen LogP contribution in [-0.2, 0) is 11.8 Å². The first-order valence-corrected chi connectivity index (χ1v) is 15.1. The number of anilines is 1. The summed E-state index contributed by atoms with van der Waals surface area (Å²) in [4.78, 5) is 33.7. The predicted molar refractivity (Wildman–Crippen MR) is 151 cm³/mol. The van der Waals surface area contributed by atoms with Crippen molar-refractivity contribution in [2.45, 2.75) is 95.5 Å². The Morgan fingerprint density at radius 1 is 1.14 bits per heavy atom. The van der Waals surface area contributed by atoms with Gasteiger partial charge in [0.2, 0.25) is 5.91 Å². The number of amides is 1. The van der Waals surface area contributed by atoms with Gasteiger partial charge in [0.1, 0.15) is 4.88 Å². The third-order valence-corrected chi connectivity index (χ3v) is 9.82. The van der Waals surface area contributed by atoms with E-state index in [2.05, 4.69) is 23.7 Å². The molecule has 1 amide bonds. The zero-order valence-electron chi connectivity index (χ0n) is 22.6. The highest BCUT2D eigenvalue weighted by Crippen LogP contribution is 2.41. The average Bonchev–Trinajstić information content (AvgIpc) is 3.45. The summed E-state index contributed by atoms with van der Waals surface area (Å²) < 4.78 is 2.04. The summed E-state index contributed by atoms with van der Waals surface area (Å²) in [6.45, 7) is 8.36. The molecule has 0 radical (unpaired) electrons. The second-order valence-corrected chi connectivity index (χ2v) is 14.0. The van der Waals surface area contributed by atoms with Crippen LogP contribution in [-0.4, -0.2) is 37.8 Å². The molecule has 0 unspecified atom stereocenters. The Bertz CT molecular complexity index is 1170. The molecule has 2 aliphatic carbocycles. The van der Waals surface area contributed by atoms with Crippen molar-refractivity contribution in [3.05, 3.63) is 28.2 Å². The smallest absolute Gasteiger partial charge is 0.348 e. The molecule has 0 aromatic carbocycles. The second kappa shape index (κ2) is 11.7. The highest BCUT2D eigenvalue weighted by molar-refractivity contribution is 7.99. The van der Waals surface area contributed by atoms with Gasteiger partial charge in [0.15, 0.2) is 5.16 Å². The summed E-state index contributed by atoms with van der Waals surface area (Å²) in [6, 6.07) is 1.85. The van der Waals surface area contributed by atoms with E-state index < -0.39 is 5.97 Å². The average molecular weight is 542 g/mol. The number of hydrogen-bond donors (Lipinski definition) is 1. The van der Waals surface area contributed by atoms with Crippen molar-refractivity contribution in [3.8, 4) is 11.8 Å². The number of carbonyl (C=O) groups is 2. The van der Waals surface area contributed by atoms with Gasteiger partial charge in [0.05, 0.1) is 10.6 Å². The molecule has 4 rings (SSSR count). The van der Waals surface area contributed by atoms with Crippen molar-refractivity contribution in [1.82, 2.24) is 9.55 Å². The first kappa shape index (κ1) is 27.8. The van der Waals surface area contributed by atoms with Crippen LogP contribution in [0.3, 0.4) is 0 Å². The molecule has 2 heterocycles. The van der Waals surface area contributed by atoms with Crippen LogP contribution in [0.25, 0.3) is 0 Å². The summed E-state index contributed by atoms with van der Waals surface area (Å²) >= 11 is 2.99. The first-order valence-electron chi connectivity index (χ1n) is 13.4. The van der Waals surface area contributed by atoms with Gasteiger partial charge in [0.25, 0.3) is 0 Å². The van der Waals surface area contributed by atoms with Gasteiger partial charge in [-0.1, -0.05) is 30.5 Å². The fourth-order valence-corrected chi connectivity index (χ4v) is 7.26. The Morgan fingerprint density at radius 3 is 2.38 bits per heavy atom. The molecular weight excluding hydrogens is 502 g/mol. The maximum absolute atomic E-state index is 14.1. The second-order valence-electron chi connectivity index (χ2n) is 11.7. The lowest BCUT2D eigenvalue weighted by atomic mass is 9.81. The van der Waals surface area contributed by atoms with Gasteiger partial charge < -0.3 is 14.6 Å². The number of hydrogen-bond acceptors (Lipinski definition) is 5.